The molecule has 0 aliphatic carbocycles. The van der Waals surface area contributed by atoms with Gasteiger partial charge >= 0.3 is 8.60 Å². The van der Waals surface area contributed by atoms with Crippen LogP contribution in [0.2, 0.25) is 0 Å². The van der Waals surface area contributed by atoms with Gasteiger partial charge in [0.05, 0.1) is 0 Å². The smallest absolute Gasteiger partial charge is 0.391 e. The Balaban J connectivity index is 1.46. The summed E-state index contributed by atoms with van der Waals surface area (Å²) in [5.41, 5.74) is 5.33. The zero-order chi connectivity index (χ0) is 25.6. The second-order valence-electron chi connectivity index (χ2n) is 9.07. The van der Waals surface area contributed by atoms with Crippen LogP contribution in [0.5, 0.6) is 23.0 Å². The van der Waals surface area contributed by atoms with Gasteiger partial charge in [0, 0.05) is 6.54 Å². The van der Waals surface area contributed by atoms with Crippen molar-refractivity contribution >= 4 is 19.7 Å². The number of ether oxygens (including phenoxy) is 3. The average Bonchev–Trinajstić information content (AvgIpc) is 3.60. The van der Waals surface area contributed by atoms with Crippen molar-refractivity contribution in [2.45, 2.75) is 26.2 Å². The van der Waals surface area contributed by atoms with Crippen LogP contribution in [0.15, 0.2) is 66.7 Å². The molecule has 5 rings (SSSR count). The Bertz CT molecular complexity index is 1220. The molecule has 0 atom stereocenters. The van der Waals surface area contributed by atoms with E-state index in [0.717, 1.165) is 71.1 Å². The van der Waals surface area contributed by atoms with E-state index < -0.39 is 8.60 Å². The highest BCUT2D eigenvalue weighted by molar-refractivity contribution is 7.39. The van der Waals surface area contributed by atoms with E-state index >= 15 is 0 Å². The van der Waals surface area contributed by atoms with E-state index in [1.54, 1.807) is 12.1 Å². The molecule has 2 heterocycles. The lowest BCUT2D eigenvalue weighted by Gasteiger charge is -2.18. The molecule has 0 aromatic heterocycles. The largest absolute Gasteiger partial charge is 0.492 e. The first-order valence-corrected chi connectivity index (χ1v) is 13.8. The Hall–Kier alpha value is -3.09. The van der Waals surface area contributed by atoms with Crippen molar-refractivity contribution in [1.29, 1.82) is 0 Å². The molecule has 0 bridgehead atoms. The van der Waals surface area contributed by atoms with Gasteiger partial charge < -0.3 is 28.5 Å². The lowest BCUT2D eigenvalue weighted by molar-refractivity contribution is 0.174. The molecule has 3 aromatic rings. The third-order valence-electron chi connectivity index (χ3n) is 6.72. The molecule has 0 radical (unpaired) electrons. The average molecular weight is 522 g/mol. The molecule has 1 fully saturated rings. The Morgan fingerprint density at radius 3 is 2.11 bits per heavy atom. The predicted molar refractivity (Wildman–Crippen MR) is 145 cm³/mol. The molecule has 0 saturated carbocycles. The molecule has 37 heavy (non-hydrogen) atoms. The van der Waals surface area contributed by atoms with E-state index in [1.807, 2.05) is 36.4 Å². The fraction of sp³-hybridized carbons (Fsp3) is 0.310. The minimum absolute atomic E-state index is 0.232. The zero-order valence-corrected chi connectivity index (χ0v) is 21.8. The van der Waals surface area contributed by atoms with Gasteiger partial charge in [-0.1, -0.05) is 37.3 Å². The standard InChI is InChI=1S/C29H32NO6P/c1-2-26(23-9-14-27-28(19-23)35-20-34-27)29(22-7-12-25(13-8-22)36-37(31)32)21-5-10-24(11-6-21)33-18-17-30-15-3-4-16-30/h5-14,19,31-32H,2-4,15-18,20H2,1H3/b29-26+. The third-order valence-corrected chi connectivity index (χ3v) is 7.10. The molecule has 2 aliphatic rings. The van der Waals surface area contributed by atoms with Crippen LogP contribution in [0.3, 0.4) is 0 Å². The predicted octanol–water partition coefficient (Wildman–Crippen LogP) is 5.85. The first kappa shape index (κ1) is 25.6. The first-order valence-electron chi connectivity index (χ1n) is 12.7. The van der Waals surface area contributed by atoms with Gasteiger partial charge in [-0.25, -0.2) is 0 Å². The summed E-state index contributed by atoms with van der Waals surface area (Å²) in [7, 11) is -2.47. The first-order chi connectivity index (χ1) is 18.1. The molecular weight excluding hydrogens is 489 g/mol. The van der Waals surface area contributed by atoms with Crippen LogP contribution in [0.4, 0.5) is 0 Å². The summed E-state index contributed by atoms with van der Waals surface area (Å²) in [4.78, 5) is 20.9. The SMILES string of the molecule is CC/C(=C(/c1ccc(OCCN2CCCC2)cc1)c1ccc(OP(O)O)cc1)c1ccc2c(c1)OCO2. The molecule has 2 N–H and O–H groups in total. The minimum Gasteiger partial charge on any atom is -0.492 e. The van der Waals surface area contributed by atoms with Gasteiger partial charge in [-0.2, -0.15) is 0 Å². The molecular formula is C29H32NO6P. The number of allylic oxidation sites excluding steroid dienone is 1. The molecule has 2 aliphatic heterocycles. The number of nitrogens with zero attached hydrogens (tertiary/aromatic N) is 1. The second kappa shape index (κ2) is 12.0. The van der Waals surface area contributed by atoms with Crippen LogP contribution in [0.1, 0.15) is 42.9 Å². The normalized spacial score (nSPS) is 15.7. The summed E-state index contributed by atoms with van der Waals surface area (Å²) in [5, 5.41) is 0. The Morgan fingerprint density at radius 2 is 1.46 bits per heavy atom. The Kier molecular flexibility index (Phi) is 8.27. The summed E-state index contributed by atoms with van der Waals surface area (Å²) >= 11 is 0. The number of likely N-dealkylation sites (tertiary alicyclic amines) is 1. The highest BCUT2D eigenvalue weighted by Crippen LogP contribution is 2.40. The van der Waals surface area contributed by atoms with Crippen LogP contribution in [0, 0.1) is 0 Å². The van der Waals surface area contributed by atoms with E-state index in [4.69, 9.17) is 18.7 Å². The molecule has 0 amide bonds. The van der Waals surface area contributed by atoms with E-state index in [1.165, 1.54) is 12.8 Å². The van der Waals surface area contributed by atoms with Crippen LogP contribution in [0.25, 0.3) is 11.1 Å². The lowest BCUT2D eigenvalue weighted by Crippen LogP contribution is -2.25. The van der Waals surface area contributed by atoms with Gasteiger partial charge in [0.25, 0.3) is 0 Å². The maximum Gasteiger partial charge on any atom is 0.391 e. The number of rotatable bonds is 10. The zero-order valence-electron chi connectivity index (χ0n) is 20.9. The van der Waals surface area contributed by atoms with Crippen molar-refractivity contribution in [3.8, 4) is 23.0 Å². The van der Waals surface area contributed by atoms with Crippen LogP contribution in [-0.4, -0.2) is 47.7 Å². The maximum absolute atomic E-state index is 9.22. The fourth-order valence-electron chi connectivity index (χ4n) is 4.92. The molecule has 8 heteroatoms. The number of hydrogen-bond donors (Lipinski definition) is 2. The molecule has 3 aromatic carbocycles. The van der Waals surface area contributed by atoms with Gasteiger partial charge in [-0.15, -0.1) is 0 Å². The number of hydrogen-bond acceptors (Lipinski definition) is 7. The van der Waals surface area contributed by atoms with Crippen LogP contribution >= 0.6 is 8.60 Å². The molecule has 194 valence electrons. The minimum atomic E-state index is -2.47. The highest BCUT2D eigenvalue weighted by atomic mass is 31.2. The third kappa shape index (κ3) is 6.25. The summed E-state index contributed by atoms with van der Waals surface area (Å²) in [5.74, 6) is 2.75. The van der Waals surface area contributed by atoms with E-state index in [0.29, 0.717) is 12.4 Å². The van der Waals surface area contributed by atoms with Crippen molar-refractivity contribution in [3.05, 3.63) is 83.4 Å². The van der Waals surface area contributed by atoms with E-state index in [9.17, 15) is 9.79 Å². The van der Waals surface area contributed by atoms with Crippen molar-refractivity contribution in [2.75, 3.05) is 33.0 Å². The Labute approximate surface area is 218 Å². The van der Waals surface area contributed by atoms with E-state index in [2.05, 4.69) is 30.0 Å². The number of fused-ring (bicyclic) bond motifs is 1. The van der Waals surface area contributed by atoms with E-state index in [-0.39, 0.29) is 6.79 Å². The maximum atomic E-state index is 9.22. The summed E-state index contributed by atoms with van der Waals surface area (Å²) < 4.78 is 22.3. The fourth-order valence-corrected chi connectivity index (χ4v) is 5.23. The Morgan fingerprint density at radius 1 is 0.838 bits per heavy atom. The topological polar surface area (TPSA) is 80.6 Å². The monoisotopic (exact) mass is 521 g/mol. The summed E-state index contributed by atoms with van der Waals surface area (Å²) in [6, 6.07) is 21.6. The summed E-state index contributed by atoms with van der Waals surface area (Å²) in [6.45, 7) is 6.33. The van der Waals surface area contributed by atoms with Gasteiger partial charge in [0.2, 0.25) is 6.79 Å². The van der Waals surface area contributed by atoms with Crippen LogP contribution in [-0.2, 0) is 0 Å². The molecule has 7 nitrogen and oxygen atoms in total. The van der Waals surface area contributed by atoms with Crippen LogP contribution < -0.4 is 18.7 Å². The van der Waals surface area contributed by atoms with Crippen molar-refractivity contribution < 1.29 is 28.5 Å². The highest BCUT2D eigenvalue weighted by Gasteiger charge is 2.18. The van der Waals surface area contributed by atoms with Gasteiger partial charge in [0.1, 0.15) is 18.1 Å². The molecule has 1 saturated heterocycles. The van der Waals surface area contributed by atoms with Gasteiger partial charge in [-0.05, 0) is 96.6 Å². The molecule has 0 unspecified atom stereocenters. The van der Waals surface area contributed by atoms with Gasteiger partial charge in [0.15, 0.2) is 11.5 Å². The van der Waals surface area contributed by atoms with Crippen molar-refractivity contribution in [3.63, 3.8) is 0 Å². The lowest BCUT2D eigenvalue weighted by atomic mass is 9.88. The summed E-state index contributed by atoms with van der Waals surface area (Å²) in [6.07, 6.45) is 3.35. The number of benzene rings is 3. The van der Waals surface area contributed by atoms with Gasteiger partial charge in [-0.3, -0.25) is 4.90 Å². The quantitative estimate of drug-likeness (QED) is 0.256. The van der Waals surface area contributed by atoms with Crippen molar-refractivity contribution in [2.24, 2.45) is 0 Å². The van der Waals surface area contributed by atoms with Crippen molar-refractivity contribution in [1.82, 2.24) is 4.90 Å². The second-order valence-corrected chi connectivity index (χ2v) is 9.75. The molecule has 0 spiro atoms.